The highest BCUT2D eigenvalue weighted by atomic mass is 32.2. The standard InChI is InChI=1S/C23H24N2OS/c1-16(2)17-8-12-20(13-9-17)25-23(26)22(18-6-4-3-5-7-18)27-21-14-10-19(24)11-15-21/h3-16,22H,24H2,1-2H3,(H,25,26). The second-order valence-corrected chi connectivity index (χ2v) is 7.92. The summed E-state index contributed by atoms with van der Waals surface area (Å²) in [6.07, 6.45) is 0. The maximum atomic E-state index is 13.0. The molecule has 0 aliphatic carbocycles. The lowest BCUT2D eigenvalue weighted by molar-refractivity contribution is -0.115. The van der Waals surface area contributed by atoms with Crippen LogP contribution in [0.4, 0.5) is 11.4 Å². The molecular formula is C23H24N2OS. The van der Waals surface area contributed by atoms with E-state index in [9.17, 15) is 4.79 Å². The van der Waals surface area contributed by atoms with Crippen LogP contribution < -0.4 is 11.1 Å². The fourth-order valence-electron chi connectivity index (χ4n) is 2.74. The van der Waals surface area contributed by atoms with Crippen molar-refractivity contribution in [3.8, 4) is 0 Å². The summed E-state index contributed by atoms with van der Waals surface area (Å²) in [5.74, 6) is 0.424. The maximum Gasteiger partial charge on any atom is 0.242 e. The van der Waals surface area contributed by atoms with Gasteiger partial charge in [0.15, 0.2) is 0 Å². The van der Waals surface area contributed by atoms with Crippen LogP contribution in [0.3, 0.4) is 0 Å². The Morgan fingerprint density at radius 3 is 2.07 bits per heavy atom. The predicted octanol–water partition coefficient (Wildman–Crippen LogP) is 5.86. The van der Waals surface area contributed by atoms with E-state index in [0.717, 1.165) is 16.1 Å². The summed E-state index contributed by atoms with van der Waals surface area (Å²) in [6.45, 7) is 4.31. The molecule has 0 heterocycles. The Morgan fingerprint density at radius 2 is 1.48 bits per heavy atom. The summed E-state index contributed by atoms with van der Waals surface area (Å²) in [4.78, 5) is 14.0. The van der Waals surface area contributed by atoms with E-state index in [1.165, 1.54) is 17.3 Å². The number of nitrogen functional groups attached to an aromatic ring is 1. The van der Waals surface area contributed by atoms with E-state index in [0.29, 0.717) is 11.6 Å². The monoisotopic (exact) mass is 376 g/mol. The molecule has 0 aromatic heterocycles. The van der Waals surface area contributed by atoms with Crippen molar-refractivity contribution in [2.75, 3.05) is 11.1 Å². The zero-order valence-corrected chi connectivity index (χ0v) is 16.4. The highest BCUT2D eigenvalue weighted by Gasteiger charge is 2.22. The van der Waals surface area contributed by atoms with Crippen molar-refractivity contribution < 1.29 is 4.79 Å². The molecule has 1 atom stereocenters. The van der Waals surface area contributed by atoms with Gasteiger partial charge in [0.2, 0.25) is 5.91 Å². The molecule has 0 saturated heterocycles. The first-order chi connectivity index (χ1) is 13.0. The molecule has 0 bridgehead atoms. The summed E-state index contributed by atoms with van der Waals surface area (Å²) in [5.41, 5.74) is 9.52. The summed E-state index contributed by atoms with van der Waals surface area (Å²) >= 11 is 1.52. The second-order valence-electron chi connectivity index (χ2n) is 6.74. The van der Waals surface area contributed by atoms with Gasteiger partial charge in [-0.25, -0.2) is 0 Å². The van der Waals surface area contributed by atoms with Crippen molar-refractivity contribution in [1.82, 2.24) is 0 Å². The van der Waals surface area contributed by atoms with Crippen LogP contribution in [0.5, 0.6) is 0 Å². The van der Waals surface area contributed by atoms with Crippen molar-refractivity contribution in [1.29, 1.82) is 0 Å². The number of nitrogens with two attached hydrogens (primary N) is 1. The minimum absolute atomic E-state index is 0.0414. The molecule has 3 aromatic carbocycles. The molecule has 0 spiro atoms. The zero-order chi connectivity index (χ0) is 19.2. The SMILES string of the molecule is CC(C)c1ccc(NC(=O)C(Sc2ccc(N)cc2)c2ccccc2)cc1. The maximum absolute atomic E-state index is 13.0. The van der Waals surface area contributed by atoms with Gasteiger partial charge in [-0.1, -0.05) is 56.3 Å². The van der Waals surface area contributed by atoms with Crippen molar-refractivity contribution >= 4 is 29.0 Å². The molecule has 4 heteroatoms. The third-order valence-corrected chi connectivity index (χ3v) is 5.59. The molecular weight excluding hydrogens is 352 g/mol. The van der Waals surface area contributed by atoms with Crippen LogP contribution in [0.1, 0.15) is 36.1 Å². The van der Waals surface area contributed by atoms with Crippen LogP contribution in [0.25, 0.3) is 0 Å². The van der Waals surface area contributed by atoms with Gasteiger partial charge < -0.3 is 11.1 Å². The first-order valence-corrected chi connectivity index (χ1v) is 9.89. The molecule has 1 amide bonds. The van der Waals surface area contributed by atoms with E-state index >= 15 is 0 Å². The molecule has 3 aromatic rings. The van der Waals surface area contributed by atoms with E-state index in [1.807, 2.05) is 66.7 Å². The van der Waals surface area contributed by atoms with Gasteiger partial charge >= 0.3 is 0 Å². The van der Waals surface area contributed by atoms with Crippen LogP contribution in [-0.2, 0) is 4.79 Å². The quantitative estimate of drug-likeness (QED) is 0.418. The lowest BCUT2D eigenvalue weighted by atomic mass is 10.0. The molecule has 3 nitrogen and oxygen atoms in total. The van der Waals surface area contributed by atoms with Gasteiger partial charge in [-0.15, -0.1) is 11.8 Å². The summed E-state index contributed by atoms with van der Waals surface area (Å²) in [5, 5.41) is 2.71. The lowest BCUT2D eigenvalue weighted by Crippen LogP contribution is -2.19. The summed E-state index contributed by atoms with van der Waals surface area (Å²) in [6, 6.07) is 25.5. The topological polar surface area (TPSA) is 55.1 Å². The number of hydrogen-bond acceptors (Lipinski definition) is 3. The molecule has 3 N–H and O–H groups in total. The van der Waals surface area contributed by atoms with Gasteiger partial charge in [-0.05, 0) is 53.4 Å². The number of anilines is 2. The Hall–Kier alpha value is -2.72. The smallest absolute Gasteiger partial charge is 0.242 e. The Morgan fingerprint density at radius 1 is 0.852 bits per heavy atom. The van der Waals surface area contributed by atoms with Crippen molar-refractivity contribution in [3.63, 3.8) is 0 Å². The van der Waals surface area contributed by atoms with E-state index in [-0.39, 0.29) is 11.2 Å². The molecule has 1 unspecified atom stereocenters. The highest BCUT2D eigenvalue weighted by Crippen LogP contribution is 2.36. The average Bonchev–Trinajstić information content (AvgIpc) is 2.68. The number of rotatable bonds is 6. The number of hydrogen-bond donors (Lipinski definition) is 2. The normalized spacial score (nSPS) is 12.0. The molecule has 3 rings (SSSR count). The Labute approximate surface area is 165 Å². The van der Waals surface area contributed by atoms with E-state index < -0.39 is 0 Å². The minimum atomic E-state index is -0.348. The number of thioether (sulfide) groups is 1. The Balaban J connectivity index is 1.81. The van der Waals surface area contributed by atoms with Gasteiger partial charge in [0.05, 0.1) is 0 Å². The zero-order valence-electron chi connectivity index (χ0n) is 15.6. The Bertz CT molecular complexity index is 875. The van der Waals surface area contributed by atoms with Gasteiger partial charge in [-0.3, -0.25) is 4.79 Å². The van der Waals surface area contributed by atoms with E-state index in [4.69, 9.17) is 5.73 Å². The largest absolute Gasteiger partial charge is 0.399 e. The van der Waals surface area contributed by atoms with Gasteiger partial charge in [0, 0.05) is 16.3 Å². The number of amides is 1. The number of nitrogens with one attached hydrogen (secondary N) is 1. The van der Waals surface area contributed by atoms with Crippen LogP contribution in [0.2, 0.25) is 0 Å². The average molecular weight is 377 g/mol. The molecule has 138 valence electrons. The third kappa shape index (κ3) is 5.14. The molecule has 27 heavy (non-hydrogen) atoms. The first-order valence-electron chi connectivity index (χ1n) is 9.01. The molecule has 0 radical (unpaired) electrons. The molecule has 0 saturated carbocycles. The van der Waals surface area contributed by atoms with E-state index in [1.54, 1.807) is 0 Å². The van der Waals surface area contributed by atoms with Crippen molar-refractivity contribution in [2.45, 2.75) is 29.9 Å². The van der Waals surface area contributed by atoms with Crippen LogP contribution in [0.15, 0.2) is 83.8 Å². The fourth-order valence-corrected chi connectivity index (χ4v) is 3.77. The third-order valence-electron chi connectivity index (χ3n) is 4.32. The van der Waals surface area contributed by atoms with Crippen LogP contribution in [-0.4, -0.2) is 5.91 Å². The number of benzene rings is 3. The fraction of sp³-hybridized carbons (Fsp3) is 0.174. The lowest BCUT2D eigenvalue weighted by Gasteiger charge is -2.17. The second kappa shape index (κ2) is 8.78. The predicted molar refractivity (Wildman–Crippen MR) is 115 cm³/mol. The Kier molecular flexibility index (Phi) is 6.20. The first kappa shape index (κ1) is 19.1. The van der Waals surface area contributed by atoms with Crippen LogP contribution >= 0.6 is 11.8 Å². The molecule has 0 fully saturated rings. The molecule has 0 aliphatic rings. The summed E-state index contributed by atoms with van der Waals surface area (Å²) in [7, 11) is 0. The van der Waals surface area contributed by atoms with E-state index in [2.05, 4.69) is 31.3 Å². The van der Waals surface area contributed by atoms with Crippen LogP contribution in [0, 0.1) is 0 Å². The minimum Gasteiger partial charge on any atom is -0.399 e. The van der Waals surface area contributed by atoms with Gasteiger partial charge in [0.1, 0.15) is 5.25 Å². The highest BCUT2D eigenvalue weighted by molar-refractivity contribution is 8.00. The van der Waals surface area contributed by atoms with Crippen molar-refractivity contribution in [2.24, 2.45) is 0 Å². The van der Waals surface area contributed by atoms with Gasteiger partial charge in [0.25, 0.3) is 0 Å². The van der Waals surface area contributed by atoms with Crippen molar-refractivity contribution in [3.05, 3.63) is 90.0 Å². The number of carbonyl (C=O) groups excluding carboxylic acids is 1. The summed E-state index contributed by atoms with van der Waals surface area (Å²) < 4.78 is 0. The molecule has 0 aliphatic heterocycles. The number of carbonyl (C=O) groups is 1. The van der Waals surface area contributed by atoms with Gasteiger partial charge in [-0.2, -0.15) is 0 Å².